The fourth-order valence-electron chi connectivity index (χ4n) is 0.953. The van der Waals surface area contributed by atoms with Gasteiger partial charge in [-0.05, 0) is 31.4 Å². The van der Waals surface area contributed by atoms with Gasteiger partial charge in [0.25, 0.3) is 0 Å². The number of rotatable bonds is 5. The van der Waals surface area contributed by atoms with Gasteiger partial charge >= 0.3 is 5.97 Å². The van der Waals surface area contributed by atoms with Crippen molar-refractivity contribution in [3.63, 3.8) is 0 Å². The second-order valence-electron chi connectivity index (χ2n) is 2.67. The van der Waals surface area contributed by atoms with Crippen LogP contribution in [0.15, 0.2) is 17.4 Å². The summed E-state index contributed by atoms with van der Waals surface area (Å²) in [6, 6.07) is 0. The molecule has 0 fully saturated rings. The molecule has 0 unspecified atom stereocenters. The van der Waals surface area contributed by atoms with Gasteiger partial charge in [0.15, 0.2) is 0 Å². The van der Waals surface area contributed by atoms with Crippen LogP contribution in [-0.4, -0.2) is 12.6 Å². The molecule has 0 saturated carbocycles. The Hall–Kier alpha value is -1.01. The summed E-state index contributed by atoms with van der Waals surface area (Å²) in [7, 11) is 0. The summed E-state index contributed by atoms with van der Waals surface area (Å²) < 4.78 is 4.77. The first kappa shape index (κ1) is 12.0. The molecule has 0 saturated heterocycles. The Morgan fingerprint density at radius 2 is 1.92 bits per heavy atom. The predicted octanol–water partition coefficient (Wildman–Crippen LogP) is 2.84. The van der Waals surface area contributed by atoms with Crippen LogP contribution in [0.5, 0.6) is 0 Å². The Balaban J connectivity index is 3.97. The van der Waals surface area contributed by atoms with Crippen LogP contribution in [0.1, 0.15) is 40.0 Å². The Labute approximate surface area is 80.3 Å². The molecule has 0 aromatic rings. The second-order valence-corrected chi connectivity index (χ2v) is 2.67. The molecule has 0 radical (unpaired) electrons. The molecule has 0 atom stereocenters. The van der Waals surface area contributed by atoms with E-state index in [0.717, 1.165) is 12.8 Å². The summed E-state index contributed by atoms with van der Waals surface area (Å²) in [5, 5.41) is 0. The molecule has 0 amide bonds. The van der Waals surface area contributed by atoms with Gasteiger partial charge in [-0.1, -0.05) is 13.8 Å². The molecule has 2 nitrogen and oxygen atoms in total. The van der Waals surface area contributed by atoms with E-state index in [4.69, 9.17) is 4.74 Å². The monoisotopic (exact) mass is 182 g/mol. The highest BCUT2D eigenvalue weighted by Crippen LogP contribution is 2.02. The molecular weight excluding hydrogens is 164 g/mol. The highest BCUT2D eigenvalue weighted by molar-refractivity contribution is 5.71. The van der Waals surface area contributed by atoms with E-state index in [1.165, 1.54) is 5.57 Å². The quantitative estimate of drug-likeness (QED) is 0.482. The molecule has 0 aliphatic rings. The van der Waals surface area contributed by atoms with E-state index in [1.807, 2.05) is 0 Å². The minimum Gasteiger partial charge on any atom is -0.466 e. The fraction of sp³-hybridized carbons (Fsp3) is 0.636. The molecule has 0 heterocycles. The van der Waals surface area contributed by atoms with E-state index in [2.05, 4.69) is 19.6 Å². The lowest BCUT2D eigenvalue weighted by Gasteiger charge is -1.96. The van der Waals surface area contributed by atoms with Crippen molar-refractivity contribution in [1.82, 2.24) is 0 Å². The minimum absolute atomic E-state index is 0.179. The smallest absolute Gasteiger partial charge is 0.310 e. The van der Waals surface area contributed by atoms with E-state index in [9.17, 15) is 4.79 Å². The van der Waals surface area contributed by atoms with Crippen LogP contribution in [0, 0.1) is 0 Å². The molecule has 0 spiro atoms. The molecular formula is C11H18O2. The molecule has 0 aromatic heterocycles. The van der Waals surface area contributed by atoms with E-state index in [0.29, 0.717) is 13.0 Å². The van der Waals surface area contributed by atoms with E-state index >= 15 is 0 Å². The topological polar surface area (TPSA) is 26.3 Å². The first-order chi connectivity index (χ1) is 6.24. The van der Waals surface area contributed by atoms with Crippen molar-refractivity contribution in [1.29, 1.82) is 0 Å². The summed E-state index contributed by atoms with van der Waals surface area (Å²) in [5.41, 5.74) is 4.34. The van der Waals surface area contributed by atoms with Gasteiger partial charge in [-0.25, -0.2) is 0 Å². The van der Waals surface area contributed by atoms with Crippen molar-refractivity contribution in [2.75, 3.05) is 6.61 Å². The summed E-state index contributed by atoms with van der Waals surface area (Å²) in [4.78, 5) is 10.9. The average Bonchev–Trinajstić information content (AvgIpc) is 2.13. The zero-order chi connectivity index (χ0) is 10.1. The lowest BCUT2D eigenvalue weighted by atomic mass is 10.1. The minimum atomic E-state index is -0.179. The highest BCUT2D eigenvalue weighted by atomic mass is 16.5. The third-order valence-corrected chi connectivity index (χ3v) is 1.73. The van der Waals surface area contributed by atoms with Gasteiger partial charge in [0.2, 0.25) is 0 Å². The Bertz CT molecular complexity index is 204. The standard InChI is InChI=1S/C11H18O2/c1-4-10(5-2)8-7-9-11(12)13-6-3/h7H,4-6,9H2,1-3H3. The number of ether oxygens (including phenoxy) is 1. The molecule has 74 valence electrons. The van der Waals surface area contributed by atoms with Gasteiger partial charge in [-0.3, -0.25) is 4.79 Å². The maximum absolute atomic E-state index is 10.9. The molecule has 0 aliphatic heterocycles. The van der Waals surface area contributed by atoms with Crippen LogP contribution in [0.4, 0.5) is 0 Å². The third-order valence-electron chi connectivity index (χ3n) is 1.73. The highest BCUT2D eigenvalue weighted by Gasteiger charge is 1.95. The number of hydrogen-bond donors (Lipinski definition) is 0. The van der Waals surface area contributed by atoms with Crippen LogP contribution < -0.4 is 0 Å². The van der Waals surface area contributed by atoms with Gasteiger partial charge in [0, 0.05) is 0 Å². The Morgan fingerprint density at radius 1 is 1.31 bits per heavy atom. The lowest BCUT2D eigenvalue weighted by Crippen LogP contribution is -2.01. The molecule has 2 heteroatoms. The van der Waals surface area contributed by atoms with Crippen molar-refractivity contribution in [3.8, 4) is 0 Å². The van der Waals surface area contributed by atoms with Crippen LogP contribution >= 0.6 is 0 Å². The SMILES string of the molecule is CCOC(=O)CC=C=C(CC)CC. The zero-order valence-corrected chi connectivity index (χ0v) is 8.72. The third kappa shape index (κ3) is 6.18. The Morgan fingerprint density at radius 3 is 2.38 bits per heavy atom. The summed E-state index contributed by atoms with van der Waals surface area (Å²) >= 11 is 0. The van der Waals surface area contributed by atoms with Crippen LogP contribution in [-0.2, 0) is 9.53 Å². The van der Waals surface area contributed by atoms with Crippen molar-refractivity contribution in [2.24, 2.45) is 0 Å². The van der Waals surface area contributed by atoms with Crippen LogP contribution in [0.25, 0.3) is 0 Å². The van der Waals surface area contributed by atoms with Gasteiger partial charge < -0.3 is 4.74 Å². The Kier molecular flexibility index (Phi) is 7.04. The fourth-order valence-corrected chi connectivity index (χ4v) is 0.953. The van der Waals surface area contributed by atoms with Crippen LogP contribution in [0.3, 0.4) is 0 Å². The number of carbonyl (C=O) groups is 1. The molecule has 0 bridgehead atoms. The summed E-state index contributed by atoms with van der Waals surface area (Å²) in [6.07, 6.45) is 4.07. The zero-order valence-electron chi connectivity index (χ0n) is 8.72. The number of hydrogen-bond acceptors (Lipinski definition) is 2. The van der Waals surface area contributed by atoms with Gasteiger partial charge in [-0.15, -0.1) is 5.73 Å². The van der Waals surface area contributed by atoms with Gasteiger partial charge in [0.05, 0.1) is 13.0 Å². The molecule has 0 aromatic carbocycles. The normalized spacial score (nSPS) is 8.85. The molecule has 13 heavy (non-hydrogen) atoms. The van der Waals surface area contributed by atoms with Crippen molar-refractivity contribution >= 4 is 5.97 Å². The van der Waals surface area contributed by atoms with E-state index in [-0.39, 0.29) is 5.97 Å². The number of esters is 1. The van der Waals surface area contributed by atoms with Crippen molar-refractivity contribution in [3.05, 3.63) is 17.4 Å². The van der Waals surface area contributed by atoms with Crippen molar-refractivity contribution in [2.45, 2.75) is 40.0 Å². The molecule has 0 N–H and O–H groups in total. The average molecular weight is 182 g/mol. The molecule has 0 rings (SSSR count). The largest absolute Gasteiger partial charge is 0.466 e. The van der Waals surface area contributed by atoms with Crippen LogP contribution in [0.2, 0.25) is 0 Å². The first-order valence-electron chi connectivity index (χ1n) is 4.83. The first-order valence-corrected chi connectivity index (χ1v) is 4.83. The van der Waals surface area contributed by atoms with E-state index in [1.54, 1.807) is 13.0 Å². The summed E-state index contributed by atoms with van der Waals surface area (Å²) in [5.74, 6) is -0.179. The maximum atomic E-state index is 10.9. The van der Waals surface area contributed by atoms with Gasteiger partial charge in [-0.2, -0.15) is 0 Å². The maximum Gasteiger partial charge on any atom is 0.310 e. The number of carbonyl (C=O) groups excluding carboxylic acids is 1. The summed E-state index contributed by atoms with van der Waals surface area (Å²) in [6.45, 7) is 6.43. The van der Waals surface area contributed by atoms with E-state index < -0.39 is 0 Å². The van der Waals surface area contributed by atoms with Gasteiger partial charge in [0.1, 0.15) is 0 Å². The lowest BCUT2D eigenvalue weighted by molar-refractivity contribution is -0.142. The predicted molar refractivity (Wildman–Crippen MR) is 53.4 cm³/mol. The second kappa shape index (κ2) is 7.63. The van der Waals surface area contributed by atoms with Crippen molar-refractivity contribution < 1.29 is 9.53 Å². The molecule has 0 aliphatic carbocycles.